The van der Waals surface area contributed by atoms with Crippen molar-refractivity contribution in [2.75, 3.05) is 20.2 Å². The van der Waals surface area contributed by atoms with Gasteiger partial charge in [0.1, 0.15) is 11.4 Å². The van der Waals surface area contributed by atoms with Crippen LogP contribution in [0.1, 0.15) is 50.3 Å². The van der Waals surface area contributed by atoms with E-state index in [2.05, 4.69) is 5.10 Å². The predicted molar refractivity (Wildman–Crippen MR) is 155 cm³/mol. The van der Waals surface area contributed by atoms with Gasteiger partial charge in [0, 0.05) is 24.5 Å². The minimum Gasteiger partial charge on any atom is -0.497 e. The fourth-order valence-corrected chi connectivity index (χ4v) is 6.05. The summed E-state index contributed by atoms with van der Waals surface area (Å²) >= 11 is 0.860. The molecule has 9 nitrogen and oxygen atoms in total. The fraction of sp³-hybridized carbons (Fsp3) is 0.400. The van der Waals surface area contributed by atoms with Crippen molar-refractivity contribution in [3.05, 3.63) is 64.2 Å². The minimum atomic E-state index is -4.56. The van der Waals surface area contributed by atoms with Crippen molar-refractivity contribution in [2.24, 2.45) is 0 Å². The number of carbonyl (C=O) groups is 3. The number of amides is 3. The number of ether oxygens (including phenoxy) is 2. The average Bonchev–Trinajstić information content (AvgIpc) is 3.46. The highest BCUT2D eigenvalue weighted by molar-refractivity contribution is 8.18. The number of nitrogens with zero attached hydrogens (tertiary/aromatic N) is 4. The van der Waals surface area contributed by atoms with Crippen LogP contribution in [0.25, 0.3) is 17.0 Å². The van der Waals surface area contributed by atoms with Crippen molar-refractivity contribution < 1.29 is 37.0 Å². The first kappa shape index (κ1) is 30.5. The van der Waals surface area contributed by atoms with Crippen LogP contribution in [0.4, 0.5) is 22.8 Å². The molecule has 0 atom stereocenters. The average molecular weight is 617 g/mol. The number of fused-ring (bicyclic) bond motifs is 1. The number of alkyl halides is 3. The van der Waals surface area contributed by atoms with E-state index in [1.54, 1.807) is 56.1 Å². The number of aromatic nitrogens is 2. The van der Waals surface area contributed by atoms with Gasteiger partial charge in [-0.2, -0.15) is 18.3 Å². The largest absolute Gasteiger partial charge is 0.497 e. The molecule has 0 aliphatic carbocycles. The molecule has 3 amide bonds. The van der Waals surface area contributed by atoms with E-state index < -0.39 is 23.4 Å². The number of thioether (sulfide) groups is 1. The smallest absolute Gasteiger partial charge is 0.416 e. The summed E-state index contributed by atoms with van der Waals surface area (Å²) in [6, 6.07) is 8.72. The standard InChI is InChI=1S/C30H31F3N4O5S/c1-29(2,3)42-27(39)35-11-9-21(10-12-35)37-26(38)25(43-28(37)40)14-18-5-8-24-20(13-18)16-34-36(24)17-19-6-7-22(41-4)15-23(19)30(31,32)33/h5-8,13-16,21H,9-12,17H2,1-4H3/b25-14-. The molecule has 0 N–H and O–H groups in total. The van der Waals surface area contributed by atoms with E-state index in [1.165, 1.54) is 28.8 Å². The van der Waals surface area contributed by atoms with Gasteiger partial charge < -0.3 is 14.4 Å². The van der Waals surface area contributed by atoms with Crippen molar-refractivity contribution in [1.29, 1.82) is 0 Å². The maximum Gasteiger partial charge on any atom is 0.416 e. The Kier molecular flexibility index (Phi) is 8.21. The number of halogens is 3. The Morgan fingerprint density at radius 2 is 1.81 bits per heavy atom. The number of hydrogen-bond donors (Lipinski definition) is 0. The number of likely N-dealkylation sites (tertiary alicyclic amines) is 1. The van der Waals surface area contributed by atoms with E-state index in [9.17, 15) is 27.6 Å². The van der Waals surface area contributed by atoms with E-state index in [0.717, 1.165) is 17.8 Å². The molecular weight excluding hydrogens is 585 g/mol. The lowest BCUT2D eigenvalue weighted by atomic mass is 10.0. The van der Waals surface area contributed by atoms with Crippen LogP contribution in [-0.4, -0.2) is 68.7 Å². The lowest BCUT2D eigenvalue weighted by Gasteiger charge is -2.36. The topological polar surface area (TPSA) is 94.0 Å². The highest BCUT2D eigenvalue weighted by Crippen LogP contribution is 2.37. The van der Waals surface area contributed by atoms with E-state index >= 15 is 0 Å². The fourth-order valence-electron chi connectivity index (χ4n) is 5.15. The van der Waals surface area contributed by atoms with E-state index in [1.807, 2.05) is 0 Å². The number of benzene rings is 2. The van der Waals surface area contributed by atoms with Crippen LogP contribution in [-0.2, 0) is 22.3 Å². The van der Waals surface area contributed by atoms with E-state index in [4.69, 9.17) is 9.47 Å². The molecule has 3 heterocycles. The first-order chi connectivity index (χ1) is 20.2. The number of piperidine rings is 1. The summed E-state index contributed by atoms with van der Waals surface area (Å²) in [4.78, 5) is 41.6. The number of imide groups is 1. The Bertz CT molecular complexity index is 1600. The Morgan fingerprint density at radius 1 is 1.09 bits per heavy atom. The molecule has 2 saturated heterocycles. The molecule has 13 heteroatoms. The van der Waals surface area contributed by atoms with Gasteiger partial charge in [0.2, 0.25) is 0 Å². The molecule has 5 rings (SSSR count). The second kappa shape index (κ2) is 11.6. The molecule has 228 valence electrons. The first-order valence-corrected chi connectivity index (χ1v) is 14.5. The number of hydrogen-bond acceptors (Lipinski definition) is 7. The van der Waals surface area contributed by atoms with Gasteiger partial charge in [-0.3, -0.25) is 19.2 Å². The van der Waals surface area contributed by atoms with Crippen LogP contribution < -0.4 is 4.74 Å². The van der Waals surface area contributed by atoms with Crippen molar-refractivity contribution in [3.63, 3.8) is 0 Å². The second-order valence-electron chi connectivity index (χ2n) is 11.4. The summed E-state index contributed by atoms with van der Waals surface area (Å²) in [5.41, 5.74) is -0.0879. The monoisotopic (exact) mass is 616 g/mol. The minimum absolute atomic E-state index is 0.0491. The van der Waals surface area contributed by atoms with Gasteiger partial charge in [0.15, 0.2) is 0 Å². The maximum atomic E-state index is 13.7. The van der Waals surface area contributed by atoms with Crippen LogP contribution in [0.3, 0.4) is 0 Å². The number of methoxy groups -OCH3 is 1. The highest BCUT2D eigenvalue weighted by atomic mass is 32.2. The van der Waals surface area contributed by atoms with Crippen molar-refractivity contribution >= 4 is 46.0 Å². The Morgan fingerprint density at radius 3 is 2.47 bits per heavy atom. The van der Waals surface area contributed by atoms with Gasteiger partial charge in [0.25, 0.3) is 11.1 Å². The van der Waals surface area contributed by atoms with Crippen LogP contribution >= 0.6 is 11.8 Å². The Balaban J connectivity index is 1.29. The third-order valence-electron chi connectivity index (χ3n) is 7.21. The number of rotatable bonds is 5. The highest BCUT2D eigenvalue weighted by Gasteiger charge is 2.41. The summed E-state index contributed by atoms with van der Waals surface area (Å²) in [5.74, 6) is -0.276. The van der Waals surface area contributed by atoms with E-state index in [0.29, 0.717) is 42.4 Å². The molecule has 2 fully saturated rings. The summed E-state index contributed by atoms with van der Waals surface area (Å²) in [7, 11) is 1.31. The molecule has 2 aromatic carbocycles. The second-order valence-corrected chi connectivity index (χ2v) is 12.4. The van der Waals surface area contributed by atoms with Gasteiger partial charge in [-0.25, -0.2) is 4.79 Å². The third-order valence-corrected chi connectivity index (χ3v) is 8.09. The predicted octanol–water partition coefficient (Wildman–Crippen LogP) is 6.55. The van der Waals surface area contributed by atoms with Crippen molar-refractivity contribution in [2.45, 2.75) is 58.0 Å². The molecule has 0 radical (unpaired) electrons. The normalized spacial score (nSPS) is 17.8. The summed E-state index contributed by atoms with van der Waals surface area (Å²) in [6.45, 7) is 6.04. The van der Waals surface area contributed by atoms with Gasteiger partial charge >= 0.3 is 12.3 Å². The molecule has 0 bridgehead atoms. The van der Waals surface area contributed by atoms with Gasteiger partial charge in [-0.1, -0.05) is 12.1 Å². The van der Waals surface area contributed by atoms with Gasteiger partial charge in [-0.15, -0.1) is 0 Å². The first-order valence-electron chi connectivity index (χ1n) is 13.7. The zero-order valence-electron chi connectivity index (χ0n) is 24.1. The lowest BCUT2D eigenvalue weighted by molar-refractivity contribution is -0.138. The Hall–Kier alpha value is -4.00. The molecule has 3 aromatic rings. The molecule has 0 spiro atoms. The molecule has 0 saturated carbocycles. The van der Waals surface area contributed by atoms with Crippen LogP contribution in [0, 0.1) is 0 Å². The molecule has 2 aliphatic rings. The summed E-state index contributed by atoms with van der Waals surface area (Å²) in [6.07, 6.45) is -0.877. The zero-order chi connectivity index (χ0) is 31.1. The van der Waals surface area contributed by atoms with Crippen LogP contribution in [0.5, 0.6) is 5.75 Å². The van der Waals surface area contributed by atoms with Crippen LogP contribution in [0.15, 0.2) is 47.5 Å². The molecule has 0 unspecified atom stereocenters. The molecule has 2 aliphatic heterocycles. The van der Waals surface area contributed by atoms with Gasteiger partial charge in [0.05, 0.1) is 35.8 Å². The van der Waals surface area contributed by atoms with Gasteiger partial charge in [-0.05, 0) is 86.8 Å². The summed E-state index contributed by atoms with van der Waals surface area (Å²) < 4.78 is 52.9. The van der Waals surface area contributed by atoms with Crippen LogP contribution in [0.2, 0.25) is 0 Å². The SMILES string of the molecule is COc1ccc(Cn2ncc3cc(/C=C4\SC(=O)N(C5CCN(C(=O)OC(C)(C)C)CC5)C4=O)ccc32)c(C(F)(F)F)c1. The third kappa shape index (κ3) is 6.66. The summed E-state index contributed by atoms with van der Waals surface area (Å²) in [5, 5.41) is 4.60. The lowest BCUT2D eigenvalue weighted by Crippen LogP contribution is -2.49. The quantitative estimate of drug-likeness (QED) is 0.300. The maximum absolute atomic E-state index is 13.7. The van der Waals surface area contributed by atoms with Crippen molar-refractivity contribution in [1.82, 2.24) is 19.6 Å². The Labute approximate surface area is 250 Å². The van der Waals surface area contributed by atoms with Crippen molar-refractivity contribution in [3.8, 4) is 5.75 Å². The van der Waals surface area contributed by atoms with E-state index in [-0.39, 0.29) is 40.0 Å². The number of carbonyl (C=O) groups excluding carboxylic acids is 3. The zero-order valence-corrected chi connectivity index (χ0v) is 24.9. The molecule has 43 heavy (non-hydrogen) atoms. The molecular formula is C30H31F3N4O5S. The molecule has 1 aromatic heterocycles.